The number of hydrogen-bond acceptors (Lipinski definition) is 5. The van der Waals surface area contributed by atoms with Crippen molar-refractivity contribution in [2.45, 2.75) is 45.2 Å². The van der Waals surface area contributed by atoms with E-state index < -0.39 is 6.04 Å². The summed E-state index contributed by atoms with van der Waals surface area (Å²) < 4.78 is 0. The SMILES string of the molecule is CCCCN1CCN(c2ccc3c(c2)CN(C2CCC(=O)NC2=O)C3=O)CC1. The van der Waals surface area contributed by atoms with Gasteiger partial charge in [0.25, 0.3) is 5.91 Å². The molecule has 3 aliphatic heterocycles. The standard InChI is InChI=1S/C21H28N4O3/c1-2-3-8-23-9-11-24(12-10-23)16-4-5-17-15(13-16)14-25(21(17)28)18-6-7-19(26)22-20(18)27/h4-5,13,18H,2-3,6-12,14H2,1H3,(H,22,26,27). The van der Waals surface area contributed by atoms with Crippen molar-refractivity contribution in [2.75, 3.05) is 37.6 Å². The molecule has 0 bridgehead atoms. The van der Waals surface area contributed by atoms with Crippen LogP contribution in [0.2, 0.25) is 0 Å². The highest BCUT2D eigenvalue weighted by atomic mass is 16.2. The zero-order valence-corrected chi connectivity index (χ0v) is 16.4. The van der Waals surface area contributed by atoms with Crippen molar-refractivity contribution >= 4 is 23.4 Å². The first-order valence-corrected chi connectivity index (χ1v) is 10.3. The molecule has 1 atom stereocenters. The molecular formula is C21H28N4O3. The fourth-order valence-electron chi connectivity index (χ4n) is 4.37. The average molecular weight is 384 g/mol. The van der Waals surface area contributed by atoms with Gasteiger partial charge in [-0.3, -0.25) is 24.6 Å². The molecule has 0 aliphatic carbocycles. The molecule has 7 heteroatoms. The Hall–Kier alpha value is -2.41. The van der Waals surface area contributed by atoms with E-state index in [4.69, 9.17) is 0 Å². The van der Waals surface area contributed by atoms with Gasteiger partial charge in [0.05, 0.1) is 0 Å². The lowest BCUT2D eigenvalue weighted by molar-refractivity contribution is -0.136. The molecule has 0 radical (unpaired) electrons. The van der Waals surface area contributed by atoms with Crippen LogP contribution >= 0.6 is 0 Å². The van der Waals surface area contributed by atoms with E-state index in [0.717, 1.165) is 37.4 Å². The second-order valence-electron chi connectivity index (χ2n) is 7.92. The highest BCUT2D eigenvalue weighted by Crippen LogP contribution is 2.30. The maximum atomic E-state index is 12.8. The zero-order valence-electron chi connectivity index (χ0n) is 16.4. The average Bonchev–Trinajstić information content (AvgIpc) is 3.02. The summed E-state index contributed by atoms with van der Waals surface area (Å²) in [5.74, 6) is -0.730. The van der Waals surface area contributed by atoms with Gasteiger partial charge in [0.1, 0.15) is 6.04 Å². The predicted molar refractivity (Wildman–Crippen MR) is 106 cm³/mol. The fourth-order valence-corrected chi connectivity index (χ4v) is 4.37. The van der Waals surface area contributed by atoms with Gasteiger partial charge in [0.15, 0.2) is 0 Å². The first kappa shape index (κ1) is 18.9. The Balaban J connectivity index is 1.43. The first-order chi connectivity index (χ1) is 13.6. The number of imide groups is 1. The van der Waals surface area contributed by atoms with Crippen molar-refractivity contribution in [3.8, 4) is 0 Å². The quantitative estimate of drug-likeness (QED) is 0.777. The van der Waals surface area contributed by atoms with E-state index in [1.165, 1.54) is 19.4 Å². The van der Waals surface area contributed by atoms with E-state index in [1.54, 1.807) is 4.90 Å². The highest BCUT2D eigenvalue weighted by molar-refractivity contribution is 6.05. The van der Waals surface area contributed by atoms with Gasteiger partial charge in [-0.05, 0) is 43.1 Å². The zero-order chi connectivity index (χ0) is 19.7. The summed E-state index contributed by atoms with van der Waals surface area (Å²) in [7, 11) is 0. The van der Waals surface area contributed by atoms with Gasteiger partial charge in [-0.2, -0.15) is 0 Å². The number of rotatable bonds is 5. The first-order valence-electron chi connectivity index (χ1n) is 10.3. The Morgan fingerprint density at radius 3 is 2.61 bits per heavy atom. The minimum Gasteiger partial charge on any atom is -0.369 e. The fraction of sp³-hybridized carbons (Fsp3) is 0.571. The second kappa shape index (κ2) is 7.91. The minimum atomic E-state index is -0.553. The molecule has 1 aromatic carbocycles. The van der Waals surface area contributed by atoms with Crippen molar-refractivity contribution in [1.29, 1.82) is 0 Å². The Morgan fingerprint density at radius 1 is 1.11 bits per heavy atom. The third-order valence-corrected chi connectivity index (χ3v) is 6.07. The molecule has 7 nitrogen and oxygen atoms in total. The smallest absolute Gasteiger partial charge is 0.255 e. The third-order valence-electron chi connectivity index (χ3n) is 6.07. The number of benzene rings is 1. The Morgan fingerprint density at radius 2 is 1.89 bits per heavy atom. The van der Waals surface area contributed by atoms with Crippen molar-refractivity contribution < 1.29 is 14.4 Å². The van der Waals surface area contributed by atoms with E-state index in [2.05, 4.69) is 28.1 Å². The third kappa shape index (κ3) is 3.63. The number of hydrogen-bond donors (Lipinski definition) is 1. The maximum Gasteiger partial charge on any atom is 0.255 e. The van der Waals surface area contributed by atoms with Crippen LogP contribution in [0.5, 0.6) is 0 Å². The summed E-state index contributed by atoms with van der Waals surface area (Å²) in [5.41, 5.74) is 2.79. The van der Waals surface area contributed by atoms with Crippen LogP contribution in [-0.4, -0.2) is 66.3 Å². The van der Waals surface area contributed by atoms with Crippen LogP contribution < -0.4 is 10.2 Å². The Bertz CT molecular complexity index is 786. The van der Waals surface area contributed by atoms with Crippen LogP contribution in [0.3, 0.4) is 0 Å². The van der Waals surface area contributed by atoms with Gasteiger partial charge >= 0.3 is 0 Å². The van der Waals surface area contributed by atoms with E-state index >= 15 is 0 Å². The largest absolute Gasteiger partial charge is 0.369 e. The monoisotopic (exact) mass is 384 g/mol. The van der Waals surface area contributed by atoms with Crippen molar-refractivity contribution in [2.24, 2.45) is 0 Å². The Kier molecular flexibility index (Phi) is 5.35. The normalized spacial score (nSPS) is 23.2. The van der Waals surface area contributed by atoms with E-state index in [1.807, 2.05) is 12.1 Å². The summed E-state index contributed by atoms with van der Waals surface area (Å²) in [5, 5.41) is 2.35. The van der Waals surface area contributed by atoms with Gasteiger partial charge < -0.3 is 9.80 Å². The minimum absolute atomic E-state index is 0.111. The number of fused-ring (bicyclic) bond motifs is 1. The van der Waals surface area contributed by atoms with Crippen LogP contribution in [0, 0.1) is 0 Å². The molecule has 3 amide bonds. The van der Waals surface area contributed by atoms with Crippen LogP contribution in [0.25, 0.3) is 0 Å². The molecule has 28 heavy (non-hydrogen) atoms. The van der Waals surface area contributed by atoms with Crippen molar-refractivity contribution in [3.05, 3.63) is 29.3 Å². The van der Waals surface area contributed by atoms with Crippen molar-refractivity contribution in [1.82, 2.24) is 15.1 Å². The number of nitrogens with one attached hydrogen (secondary N) is 1. The molecule has 4 rings (SSSR count). The van der Waals surface area contributed by atoms with Gasteiger partial charge in [-0.25, -0.2) is 0 Å². The maximum absolute atomic E-state index is 12.8. The topological polar surface area (TPSA) is 73.0 Å². The molecule has 2 fully saturated rings. The molecule has 0 aromatic heterocycles. The number of nitrogens with zero attached hydrogens (tertiary/aromatic N) is 3. The summed E-state index contributed by atoms with van der Waals surface area (Å²) in [6.45, 7) is 7.95. The molecule has 3 aliphatic rings. The molecular weight excluding hydrogens is 356 g/mol. The molecule has 1 aromatic rings. The second-order valence-corrected chi connectivity index (χ2v) is 7.92. The molecule has 150 valence electrons. The Labute approximate surface area is 165 Å². The van der Waals surface area contributed by atoms with E-state index in [9.17, 15) is 14.4 Å². The molecule has 1 unspecified atom stereocenters. The lowest BCUT2D eigenvalue weighted by atomic mass is 10.0. The molecule has 0 saturated carbocycles. The number of piperidine rings is 1. The van der Waals surface area contributed by atoms with Gasteiger partial charge in [-0.1, -0.05) is 13.3 Å². The lowest BCUT2D eigenvalue weighted by Crippen LogP contribution is -2.52. The molecule has 2 saturated heterocycles. The number of amides is 3. The van der Waals surface area contributed by atoms with Crippen LogP contribution in [0.15, 0.2) is 18.2 Å². The van der Waals surface area contributed by atoms with Crippen LogP contribution in [0.1, 0.15) is 48.5 Å². The van der Waals surface area contributed by atoms with E-state index in [-0.39, 0.29) is 24.1 Å². The number of carbonyl (C=O) groups excluding carboxylic acids is 3. The summed E-state index contributed by atoms with van der Waals surface area (Å²) in [6, 6.07) is 5.46. The number of anilines is 1. The predicted octanol–water partition coefficient (Wildman–Crippen LogP) is 1.37. The number of piperazine rings is 1. The summed E-state index contributed by atoms with van der Waals surface area (Å²) in [6.07, 6.45) is 3.15. The number of unbranched alkanes of at least 4 members (excludes halogenated alkanes) is 1. The van der Waals surface area contributed by atoms with Crippen LogP contribution in [0.4, 0.5) is 5.69 Å². The summed E-state index contributed by atoms with van der Waals surface area (Å²) in [4.78, 5) is 42.9. The molecule has 1 N–H and O–H groups in total. The highest BCUT2D eigenvalue weighted by Gasteiger charge is 2.39. The van der Waals surface area contributed by atoms with E-state index in [0.29, 0.717) is 18.5 Å². The lowest BCUT2D eigenvalue weighted by Gasteiger charge is -2.36. The van der Waals surface area contributed by atoms with Gasteiger partial charge in [0, 0.05) is 50.4 Å². The van der Waals surface area contributed by atoms with Crippen LogP contribution in [-0.2, 0) is 16.1 Å². The number of carbonyl (C=O) groups is 3. The van der Waals surface area contributed by atoms with Gasteiger partial charge in [0.2, 0.25) is 11.8 Å². The van der Waals surface area contributed by atoms with Gasteiger partial charge in [-0.15, -0.1) is 0 Å². The summed E-state index contributed by atoms with van der Waals surface area (Å²) >= 11 is 0. The molecule has 3 heterocycles. The molecule has 0 spiro atoms. The van der Waals surface area contributed by atoms with Crippen molar-refractivity contribution in [3.63, 3.8) is 0 Å².